The number of pyridine rings is 1. The van der Waals surface area contributed by atoms with Gasteiger partial charge < -0.3 is 15.1 Å². The number of hydrogen-bond donors (Lipinski definition) is 1. The van der Waals surface area contributed by atoms with Gasteiger partial charge >= 0.3 is 12.2 Å². The van der Waals surface area contributed by atoms with Gasteiger partial charge in [0.15, 0.2) is 0 Å². The van der Waals surface area contributed by atoms with Gasteiger partial charge in [-0.05, 0) is 43.0 Å². The third-order valence-electron chi connectivity index (χ3n) is 5.01. The fourth-order valence-corrected chi connectivity index (χ4v) is 3.36. The number of halogens is 4. The van der Waals surface area contributed by atoms with E-state index in [9.17, 15) is 22.4 Å². The zero-order valence-corrected chi connectivity index (χ0v) is 15.9. The lowest BCUT2D eigenvalue weighted by molar-refractivity contribution is -0.137. The van der Waals surface area contributed by atoms with E-state index in [-0.39, 0.29) is 23.5 Å². The summed E-state index contributed by atoms with van der Waals surface area (Å²) in [5.74, 6) is -0.0145. The van der Waals surface area contributed by atoms with E-state index >= 15 is 0 Å². The van der Waals surface area contributed by atoms with Gasteiger partial charge in [-0.3, -0.25) is 0 Å². The third-order valence-corrected chi connectivity index (χ3v) is 5.01. The number of alkyl halides is 3. The molecule has 1 N–H and O–H groups in total. The Morgan fingerprint density at radius 3 is 2.59 bits per heavy atom. The first-order chi connectivity index (χ1) is 13.7. The first-order valence-corrected chi connectivity index (χ1v) is 9.29. The normalized spacial score (nSPS) is 15.3. The van der Waals surface area contributed by atoms with Crippen LogP contribution in [0, 0.1) is 11.7 Å². The number of nitrogens with zero attached hydrogens (tertiary/aromatic N) is 3. The summed E-state index contributed by atoms with van der Waals surface area (Å²) in [6.45, 7) is 1.53. The minimum absolute atomic E-state index is 0.134. The summed E-state index contributed by atoms with van der Waals surface area (Å²) in [6, 6.07) is 7.59. The number of likely N-dealkylation sites (tertiary alicyclic amines) is 1. The van der Waals surface area contributed by atoms with Gasteiger partial charge in [0.05, 0.1) is 11.3 Å². The van der Waals surface area contributed by atoms with Crippen LogP contribution in [0.1, 0.15) is 18.4 Å². The number of para-hydroxylation sites is 1. The van der Waals surface area contributed by atoms with Crippen LogP contribution >= 0.6 is 0 Å². The predicted octanol–water partition coefficient (Wildman–Crippen LogP) is 4.62. The van der Waals surface area contributed by atoms with E-state index in [4.69, 9.17) is 0 Å². The Bertz CT molecular complexity index is 850. The van der Waals surface area contributed by atoms with Crippen LogP contribution < -0.4 is 10.2 Å². The fourth-order valence-electron chi connectivity index (χ4n) is 3.36. The molecule has 29 heavy (non-hydrogen) atoms. The summed E-state index contributed by atoms with van der Waals surface area (Å²) in [5, 5.41) is 2.57. The second-order valence-electron chi connectivity index (χ2n) is 7.12. The topological polar surface area (TPSA) is 48.5 Å². The molecular formula is C20H22F4N4O. The maximum Gasteiger partial charge on any atom is 0.416 e. The van der Waals surface area contributed by atoms with E-state index in [2.05, 4.69) is 10.3 Å². The standard InChI is InChI=1S/C20H22F4N4O/c1-27(18-12-15(6-9-25-18)20(22,23)24)13-14-7-10-28(11-8-14)19(29)26-17-5-3-2-4-16(17)21/h2-6,9,12,14H,7-8,10-11,13H2,1H3,(H,26,29). The molecule has 9 heteroatoms. The highest BCUT2D eigenvalue weighted by molar-refractivity contribution is 5.89. The van der Waals surface area contributed by atoms with Gasteiger partial charge in [0.1, 0.15) is 11.6 Å². The molecule has 2 aromatic rings. The Balaban J connectivity index is 1.52. The maximum absolute atomic E-state index is 13.7. The van der Waals surface area contributed by atoms with Crippen molar-refractivity contribution in [2.45, 2.75) is 19.0 Å². The van der Waals surface area contributed by atoms with Crippen molar-refractivity contribution in [1.29, 1.82) is 0 Å². The second kappa shape index (κ2) is 8.67. The monoisotopic (exact) mass is 410 g/mol. The van der Waals surface area contributed by atoms with Crippen molar-refractivity contribution in [1.82, 2.24) is 9.88 Å². The fraction of sp³-hybridized carbons (Fsp3) is 0.400. The molecule has 1 aromatic carbocycles. The molecule has 5 nitrogen and oxygen atoms in total. The van der Waals surface area contributed by atoms with Gasteiger partial charge in [0, 0.05) is 32.9 Å². The molecule has 0 saturated carbocycles. The molecule has 156 valence electrons. The lowest BCUT2D eigenvalue weighted by atomic mass is 9.96. The Morgan fingerprint density at radius 1 is 1.24 bits per heavy atom. The Labute approximate surface area is 166 Å². The first-order valence-electron chi connectivity index (χ1n) is 9.29. The lowest BCUT2D eigenvalue weighted by Crippen LogP contribution is -2.43. The highest BCUT2D eigenvalue weighted by Gasteiger charge is 2.31. The van der Waals surface area contributed by atoms with Crippen molar-refractivity contribution in [3.05, 3.63) is 54.0 Å². The molecule has 0 spiro atoms. The molecule has 1 aliphatic rings. The molecule has 1 saturated heterocycles. The number of piperidine rings is 1. The summed E-state index contributed by atoms with van der Waals surface area (Å²) >= 11 is 0. The number of amides is 2. The highest BCUT2D eigenvalue weighted by Crippen LogP contribution is 2.31. The highest BCUT2D eigenvalue weighted by atomic mass is 19.4. The van der Waals surface area contributed by atoms with E-state index in [1.54, 1.807) is 29.0 Å². The number of carbonyl (C=O) groups excluding carboxylic acids is 1. The van der Waals surface area contributed by atoms with Crippen LogP contribution in [0.15, 0.2) is 42.6 Å². The number of urea groups is 1. The van der Waals surface area contributed by atoms with Gasteiger partial charge in [-0.2, -0.15) is 13.2 Å². The van der Waals surface area contributed by atoms with Crippen molar-refractivity contribution >= 4 is 17.5 Å². The Morgan fingerprint density at radius 2 is 1.93 bits per heavy atom. The average molecular weight is 410 g/mol. The van der Waals surface area contributed by atoms with Crippen LogP contribution in [-0.2, 0) is 6.18 Å². The van der Waals surface area contributed by atoms with Gasteiger partial charge in [0.2, 0.25) is 0 Å². The molecule has 0 aliphatic carbocycles. The average Bonchev–Trinajstić information content (AvgIpc) is 2.69. The van der Waals surface area contributed by atoms with Gasteiger partial charge in [0.25, 0.3) is 0 Å². The number of benzene rings is 1. The SMILES string of the molecule is CN(CC1CCN(C(=O)Nc2ccccc2F)CC1)c1cc(C(F)(F)F)ccn1. The van der Waals surface area contributed by atoms with Gasteiger partial charge in [-0.25, -0.2) is 14.2 Å². The molecule has 1 aromatic heterocycles. The smallest absolute Gasteiger partial charge is 0.359 e. The summed E-state index contributed by atoms with van der Waals surface area (Å²) in [7, 11) is 1.71. The van der Waals surface area contributed by atoms with Gasteiger partial charge in [-0.15, -0.1) is 0 Å². The van der Waals surface area contributed by atoms with E-state index in [1.165, 1.54) is 12.1 Å². The number of carbonyl (C=O) groups is 1. The molecule has 2 amide bonds. The number of hydrogen-bond acceptors (Lipinski definition) is 3. The summed E-state index contributed by atoms with van der Waals surface area (Å²) in [4.78, 5) is 19.7. The van der Waals surface area contributed by atoms with Crippen molar-refractivity contribution in [2.24, 2.45) is 5.92 Å². The molecule has 0 atom stereocenters. The van der Waals surface area contributed by atoms with Crippen LogP contribution in [0.3, 0.4) is 0 Å². The quantitative estimate of drug-likeness (QED) is 0.749. The minimum Gasteiger partial charge on any atom is -0.359 e. The maximum atomic E-state index is 13.7. The molecule has 0 radical (unpaired) electrons. The number of aromatic nitrogens is 1. The van der Waals surface area contributed by atoms with Gasteiger partial charge in [-0.1, -0.05) is 12.1 Å². The number of nitrogens with one attached hydrogen (secondary N) is 1. The number of rotatable bonds is 4. The summed E-state index contributed by atoms with van der Waals surface area (Å²) < 4.78 is 52.3. The van der Waals surface area contributed by atoms with E-state index < -0.39 is 17.6 Å². The van der Waals surface area contributed by atoms with Crippen LogP contribution in [0.4, 0.5) is 33.9 Å². The number of anilines is 2. The largest absolute Gasteiger partial charge is 0.416 e. The predicted molar refractivity (Wildman–Crippen MR) is 102 cm³/mol. The molecule has 3 rings (SSSR count). The van der Waals surface area contributed by atoms with Crippen molar-refractivity contribution in [3.8, 4) is 0 Å². The van der Waals surface area contributed by atoms with Crippen molar-refractivity contribution in [2.75, 3.05) is 36.9 Å². The third kappa shape index (κ3) is 5.36. The minimum atomic E-state index is -4.41. The zero-order chi connectivity index (χ0) is 21.0. The molecule has 1 fully saturated rings. The Kier molecular flexibility index (Phi) is 6.24. The van der Waals surface area contributed by atoms with Crippen LogP contribution in [0.2, 0.25) is 0 Å². The first kappa shape index (κ1) is 20.9. The summed E-state index contributed by atoms with van der Waals surface area (Å²) in [5.41, 5.74) is -0.594. The molecular weight excluding hydrogens is 388 g/mol. The molecule has 0 unspecified atom stereocenters. The van der Waals surface area contributed by atoms with Crippen molar-refractivity contribution in [3.63, 3.8) is 0 Å². The lowest BCUT2D eigenvalue weighted by Gasteiger charge is -2.34. The summed E-state index contributed by atoms with van der Waals surface area (Å²) in [6.07, 6.45) is -1.85. The van der Waals surface area contributed by atoms with Crippen LogP contribution in [0.5, 0.6) is 0 Å². The molecule has 0 bridgehead atoms. The van der Waals surface area contributed by atoms with E-state index in [0.717, 1.165) is 18.3 Å². The Hall–Kier alpha value is -2.84. The van der Waals surface area contributed by atoms with E-state index in [0.29, 0.717) is 32.5 Å². The van der Waals surface area contributed by atoms with E-state index in [1.807, 2.05) is 0 Å². The molecule has 2 heterocycles. The zero-order valence-electron chi connectivity index (χ0n) is 15.9. The van der Waals surface area contributed by atoms with Crippen molar-refractivity contribution < 1.29 is 22.4 Å². The molecule has 1 aliphatic heterocycles. The van der Waals surface area contributed by atoms with Crippen LogP contribution in [0.25, 0.3) is 0 Å². The second-order valence-corrected chi connectivity index (χ2v) is 7.12. The van der Waals surface area contributed by atoms with Crippen LogP contribution in [-0.4, -0.2) is 42.6 Å².